The van der Waals surface area contributed by atoms with Crippen LogP contribution in [0, 0.1) is 0 Å². The molecule has 0 atom stereocenters. The van der Waals surface area contributed by atoms with Gasteiger partial charge in [-0.15, -0.1) is 0 Å². The summed E-state index contributed by atoms with van der Waals surface area (Å²) < 4.78 is 196. The second kappa shape index (κ2) is 65.4. The van der Waals surface area contributed by atoms with Crippen LogP contribution in [0.4, 0.5) is 65.9 Å². The van der Waals surface area contributed by atoms with Gasteiger partial charge in [-0.3, -0.25) is 44.1 Å². The Hall–Kier alpha value is -1.97. The summed E-state index contributed by atoms with van der Waals surface area (Å²) in [5, 5.41) is 27.0. The normalized spacial score (nSPS) is 23.1. The lowest BCUT2D eigenvalue weighted by atomic mass is 9.88. The van der Waals surface area contributed by atoms with Crippen LogP contribution in [0.1, 0.15) is 188 Å². The van der Waals surface area contributed by atoms with Crippen LogP contribution in [0.2, 0.25) is 0 Å². The van der Waals surface area contributed by atoms with Gasteiger partial charge in [0.05, 0.1) is 78.4 Å². The van der Waals surface area contributed by atoms with Gasteiger partial charge in [0.25, 0.3) is 6.43 Å². The van der Waals surface area contributed by atoms with Gasteiger partial charge in [-0.05, 0) is 362 Å². The predicted octanol–water partition coefficient (Wildman–Crippen LogP) is 11.9. The lowest BCUT2D eigenvalue weighted by Gasteiger charge is -2.45. The maximum Gasteiger partial charge on any atom is 0.401 e. The molecule has 0 bridgehead atoms. The zero-order valence-corrected chi connectivity index (χ0v) is 85.2. The SMILES string of the molecule is CCN(C1CCN(C)CC1)C1COC1.CCN(CC(F)(F)F)C1CCN(C)CC1.CCN(CC(F)F)C1CCN(C)CC1.CCN(CCF)C1CCN(C)CC1.CN1CCC(N(CC(F)(F)F)C2CC2)CC1.CN1CCC(N(CCO)C2CC2)CC1.CN1CCC(N(CCO)C2CCC2)CC1.CN1CCC(N(CCO)CC(F)(F)F)CC1.COCCN(CC(F)(F)F)C1CCN(C)CC1. The van der Waals surface area contributed by atoms with E-state index in [1.165, 1.54) is 146 Å². The van der Waals surface area contributed by atoms with Crippen LogP contribution in [0.5, 0.6) is 0 Å². The first-order valence-corrected chi connectivity index (χ1v) is 51.5. The van der Waals surface area contributed by atoms with Crippen LogP contribution in [-0.4, -0.2) is 539 Å². The van der Waals surface area contributed by atoms with Gasteiger partial charge in [-0.25, -0.2) is 13.2 Å². The van der Waals surface area contributed by atoms with Crippen molar-refractivity contribution in [3.8, 4) is 0 Å². The molecule has 0 unspecified atom stereocenters. The Morgan fingerprint density at radius 3 is 0.769 bits per heavy atom. The van der Waals surface area contributed by atoms with Crippen LogP contribution in [0.25, 0.3) is 0 Å². The summed E-state index contributed by atoms with van der Waals surface area (Å²) in [5.74, 6) is 0. The second-order valence-corrected chi connectivity index (χ2v) is 40.5. The zero-order chi connectivity index (χ0) is 99.1. The topological polar surface area (TPSA) is 137 Å². The van der Waals surface area contributed by atoms with Crippen molar-refractivity contribution >= 4 is 0 Å². The Morgan fingerprint density at radius 1 is 0.284 bits per heavy atom. The quantitative estimate of drug-likeness (QED) is 0.0526. The molecule has 0 aromatic carbocycles. The summed E-state index contributed by atoms with van der Waals surface area (Å²) in [7, 11) is 20.4. The van der Waals surface area contributed by atoms with E-state index in [2.05, 4.69) is 113 Å². The van der Waals surface area contributed by atoms with E-state index in [0.29, 0.717) is 57.6 Å². The molecule has 10 saturated heterocycles. The molecule has 10 aliphatic heterocycles. The number of halogens is 15. The number of rotatable bonds is 34. The number of hydrogen-bond acceptors (Lipinski definition) is 23. The van der Waals surface area contributed by atoms with Crippen molar-refractivity contribution in [2.75, 3.05) is 326 Å². The summed E-state index contributed by atoms with van der Waals surface area (Å²) in [6.07, 6.45) is 8.86. The molecular weight excluding hydrogens is 1770 g/mol. The van der Waals surface area contributed by atoms with Crippen molar-refractivity contribution in [3.05, 3.63) is 0 Å². The number of aliphatic hydroxyl groups is 3. The third-order valence-corrected chi connectivity index (χ3v) is 29.8. The highest BCUT2D eigenvalue weighted by molar-refractivity contribution is 4.95. The average molecular weight is 1960 g/mol. The Balaban J connectivity index is 0.000000267. The molecule has 0 aromatic rings. The van der Waals surface area contributed by atoms with E-state index in [-0.39, 0.29) is 56.6 Å². The molecule has 13 aliphatic rings. The lowest BCUT2D eigenvalue weighted by Crippen LogP contribution is -2.55. The number of likely N-dealkylation sites (tertiary alicyclic amines) is 9. The van der Waals surface area contributed by atoms with Crippen molar-refractivity contribution in [3.63, 3.8) is 0 Å². The fourth-order valence-corrected chi connectivity index (χ4v) is 20.9. The first-order valence-electron chi connectivity index (χ1n) is 51.5. The molecule has 3 aliphatic carbocycles. The summed E-state index contributed by atoms with van der Waals surface area (Å²) in [6, 6.07) is 6.01. The standard InChI is InChI=1S/C12H24N2O.C11H21F3N2O.C11H19F3N2.2C11H22N2O.C10H19F3N2O.C10H19F3N2.C10H20F2N2.C10H21FN2/c1-13-7-5-12(6-8-13)14(9-10-15)11-3-2-4-11;1-15-5-3-10(4-6-15)16(7-8-17-2)9-11(12,13)14;1-15-6-4-10(5-7-15)16(9-2-3-9)8-11(12,13)14;1-12-6-4-11(5-7-12)13(8-9-14)10-2-3-10;1-3-13(11-8-14-9-11)10-4-6-12(2)7-5-10;1-14-4-2-9(3-5-14)15(6-7-16)8-10(11,12)13;1-3-15(8-10(11,12)13)9-4-6-14(2)7-5-9;1-3-14(8-10(11)12)9-4-6-13(2)7-5-9;1-3-13(9-6-11)10-4-7-12(2)8-5-10/h11-12,15H,2-10H2,1H3;10H,3-9H2,1-2H3;9-10H,2-8H2,1H3;10-11,14H,2-9H2,1H3;10-11H,3-9H2,1-2H3;9,16H,2-8H2,1H3;9H,3-8H2,1-2H3;9-10H,3-8H2,1-2H3;10H,3-9H2,1-2H3. The Kier molecular flexibility index (Phi) is 59.8. The molecule has 23 nitrogen and oxygen atoms in total. The van der Waals surface area contributed by atoms with Crippen molar-refractivity contribution < 1.29 is 90.6 Å². The summed E-state index contributed by atoms with van der Waals surface area (Å²) in [6.45, 7) is 32.4. The molecule has 0 aromatic heterocycles. The number of ether oxygens (including phenoxy) is 2. The molecule has 10 heterocycles. The maximum absolute atomic E-state index is 12.5. The van der Waals surface area contributed by atoms with Crippen molar-refractivity contribution in [2.24, 2.45) is 0 Å². The maximum atomic E-state index is 12.5. The highest BCUT2D eigenvalue weighted by atomic mass is 19.4. The summed E-state index contributed by atoms with van der Waals surface area (Å²) in [5.41, 5.74) is 0. The van der Waals surface area contributed by atoms with Crippen molar-refractivity contribution in [1.82, 2.24) is 88.2 Å². The van der Waals surface area contributed by atoms with Gasteiger partial charge >= 0.3 is 24.7 Å². The van der Waals surface area contributed by atoms with E-state index in [4.69, 9.17) is 24.8 Å². The van der Waals surface area contributed by atoms with Gasteiger partial charge in [0, 0.05) is 112 Å². The van der Waals surface area contributed by atoms with Crippen LogP contribution < -0.4 is 0 Å². The second-order valence-electron chi connectivity index (χ2n) is 40.5. The highest BCUT2D eigenvalue weighted by Crippen LogP contribution is 2.37. The Labute approximate surface area is 799 Å². The minimum atomic E-state index is -4.18. The molecular formula is C96H187F15N18O5. The minimum absolute atomic E-state index is 0.0305. The molecule has 796 valence electrons. The molecule has 13 rings (SSSR count). The number of alkyl halides is 15. The van der Waals surface area contributed by atoms with E-state index < -0.39 is 57.3 Å². The minimum Gasteiger partial charge on any atom is -0.395 e. The van der Waals surface area contributed by atoms with Crippen LogP contribution in [0.15, 0.2) is 0 Å². The summed E-state index contributed by atoms with van der Waals surface area (Å²) in [4.78, 5) is 38.5. The first kappa shape index (κ1) is 123. The number of methoxy groups -OCH3 is 1. The molecule has 3 N–H and O–H groups in total. The van der Waals surface area contributed by atoms with Crippen LogP contribution >= 0.6 is 0 Å². The summed E-state index contributed by atoms with van der Waals surface area (Å²) >= 11 is 0. The van der Waals surface area contributed by atoms with Crippen molar-refractivity contribution in [1.29, 1.82) is 0 Å². The number of piperidine rings is 9. The number of aliphatic hydroxyl groups excluding tert-OH is 3. The van der Waals surface area contributed by atoms with Gasteiger partial charge in [0.2, 0.25) is 0 Å². The van der Waals surface area contributed by atoms with E-state index >= 15 is 0 Å². The molecule has 0 spiro atoms. The van der Waals surface area contributed by atoms with Gasteiger partial charge in [0.15, 0.2) is 0 Å². The first-order chi connectivity index (χ1) is 63.5. The van der Waals surface area contributed by atoms with Gasteiger partial charge in [-0.1, -0.05) is 34.1 Å². The number of nitrogens with zero attached hydrogens (tertiary/aromatic N) is 18. The van der Waals surface area contributed by atoms with E-state index in [9.17, 15) is 65.9 Å². The predicted molar refractivity (Wildman–Crippen MR) is 510 cm³/mol. The zero-order valence-electron chi connectivity index (χ0n) is 85.2. The largest absolute Gasteiger partial charge is 0.401 e. The van der Waals surface area contributed by atoms with E-state index in [0.717, 1.165) is 225 Å². The molecule has 38 heteroatoms. The van der Waals surface area contributed by atoms with Crippen molar-refractivity contribution in [2.45, 2.75) is 298 Å². The molecule has 0 radical (unpaired) electrons. The molecule has 13 fully saturated rings. The Morgan fingerprint density at radius 2 is 0.530 bits per heavy atom. The monoisotopic (exact) mass is 1960 g/mol. The molecule has 3 saturated carbocycles. The lowest BCUT2D eigenvalue weighted by molar-refractivity contribution is -0.154. The van der Waals surface area contributed by atoms with Gasteiger partial charge < -0.3 is 68.9 Å². The number of likely N-dealkylation sites (N-methyl/N-ethyl adjacent to an activating group) is 1. The fraction of sp³-hybridized carbons (Fsp3) is 1.00. The van der Waals surface area contributed by atoms with E-state index in [1.807, 2.05) is 40.0 Å². The fourth-order valence-electron chi connectivity index (χ4n) is 20.9. The Bertz CT molecular complexity index is 2830. The van der Waals surface area contributed by atoms with Crippen LogP contribution in [-0.2, 0) is 9.47 Å². The third-order valence-electron chi connectivity index (χ3n) is 29.8. The van der Waals surface area contributed by atoms with E-state index in [1.54, 1.807) is 16.7 Å². The van der Waals surface area contributed by atoms with Crippen LogP contribution in [0.3, 0.4) is 0 Å². The third kappa shape index (κ3) is 51.0. The molecule has 0 amide bonds. The molecule has 134 heavy (non-hydrogen) atoms. The van der Waals surface area contributed by atoms with Gasteiger partial charge in [0.1, 0.15) is 6.67 Å². The van der Waals surface area contributed by atoms with Gasteiger partial charge in [-0.2, -0.15) is 52.7 Å². The highest BCUT2D eigenvalue weighted by Gasteiger charge is 2.44. The number of hydrogen-bond donors (Lipinski definition) is 3. The smallest absolute Gasteiger partial charge is 0.395 e. The average Bonchev–Trinajstić information content (AvgIpc) is 1.77.